The number of nitrogens with one attached hydrogen (secondary N) is 2. The third-order valence-corrected chi connectivity index (χ3v) is 7.70. The van der Waals surface area contributed by atoms with Crippen LogP contribution in [-0.2, 0) is 14.8 Å². The zero-order valence-corrected chi connectivity index (χ0v) is 19.4. The lowest BCUT2D eigenvalue weighted by molar-refractivity contribution is -0.122. The highest BCUT2D eigenvalue weighted by atomic mass is 32.2. The molecule has 0 aliphatic carbocycles. The number of anilines is 2. The number of carbonyl (C=O) groups excluding carboxylic acids is 2. The molecule has 10 heteroatoms. The van der Waals surface area contributed by atoms with Gasteiger partial charge in [-0.2, -0.15) is 4.31 Å². The molecule has 2 aromatic rings. The molecule has 2 aromatic carbocycles. The fraction of sp³-hybridized carbons (Fsp3) is 0.391. The van der Waals surface area contributed by atoms with Crippen LogP contribution in [0.4, 0.5) is 11.4 Å². The molecule has 1 fully saturated rings. The third-order valence-electron chi connectivity index (χ3n) is 5.78. The Morgan fingerprint density at radius 1 is 1.12 bits per heavy atom. The Labute approximate surface area is 193 Å². The van der Waals surface area contributed by atoms with Gasteiger partial charge >= 0.3 is 0 Å². The fourth-order valence-corrected chi connectivity index (χ4v) is 5.63. The monoisotopic (exact) mass is 473 g/mol. The van der Waals surface area contributed by atoms with E-state index in [-0.39, 0.29) is 22.1 Å². The maximum Gasteiger partial charge on any atom is 0.265 e. The molecule has 2 aliphatic heterocycles. The molecule has 2 amide bonds. The first-order valence-corrected chi connectivity index (χ1v) is 12.3. The van der Waals surface area contributed by atoms with Gasteiger partial charge < -0.3 is 20.1 Å². The van der Waals surface area contributed by atoms with Crippen LogP contribution in [0.15, 0.2) is 41.3 Å². The molecular weight excluding hydrogens is 446 g/mol. The second-order valence-corrected chi connectivity index (χ2v) is 10.0. The average Bonchev–Trinajstić information content (AvgIpc) is 3.10. The van der Waals surface area contributed by atoms with E-state index in [0.29, 0.717) is 30.2 Å². The van der Waals surface area contributed by atoms with Gasteiger partial charge in [-0.3, -0.25) is 9.59 Å². The molecule has 0 bridgehead atoms. The van der Waals surface area contributed by atoms with E-state index in [9.17, 15) is 18.0 Å². The van der Waals surface area contributed by atoms with Crippen molar-refractivity contribution in [3.63, 3.8) is 0 Å². The first-order valence-electron chi connectivity index (χ1n) is 10.9. The summed E-state index contributed by atoms with van der Waals surface area (Å²) >= 11 is 0. The number of hydrogen-bond acceptors (Lipinski definition) is 6. The number of amides is 2. The zero-order valence-electron chi connectivity index (χ0n) is 18.6. The molecule has 1 saturated heterocycles. The van der Waals surface area contributed by atoms with Crippen molar-refractivity contribution in [1.82, 2.24) is 4.31 Å². The van der Waals surface area contributed by atoms with Crippen LogP contribution in [0.3, 0.4) is 0 Å². The van der Waals surface area contributed by atoms with Gasteiger partial charge in [0.2, 0.25) is 10.0 Å². The second-order valence-electron chi connectivity index (χ2n) is 8.10. The van der Waals surface area contributed by atoms with E-state index in [0.717, 1.165) is 25.7 Å². The zero-order chi connectivity index (χ0) is 23.6. The summed E-state index contributed by atoms with van der Waals surface area (Å²) in [6.07, 6.45) is 3.01. The van der Waals surface area contributed by atoms with Gasteiger partial charge in [0.05, 0.1) is 12.8 Å². The topological polar surface area (TPSA) is 114 Å². The van der Waals surface area contributed by atoms with Gasteiger partial charge in [-0.1, -0.05) is 12.8 Å². The molecule has 33 heavy (non-hydrogen) atoms. The minimum Gasteiger partial charge on any atom is -0.495 e. The van der Waals surface area contributed by atoms with E-state index in [2.05, 4.69) is 10.6 Å². The Morgan fingerprint density at radius 3 is 2.55 bits per heavy atom. The maximum absolute atomic E-state index is 13.3. The molecule has 0 spiro atoms. The Hall–Kier alpha value is -3.11. The molecule has 4 rings (SSSR count). The predicted octanol–water partition coefficient (Wildman–Crippen LogP) is 3.23. The van der Waals surface area contributed by atoms with E-state index in [1.165, 1.54) is 29.6 Å². The van der Waals surface area contributed by atoms with Gasteiger partial charge in [-0.15, -0.1) is 0 Å². The van der Waals surface area contributed by atoms with Crippen LogP contribution in [0.25, 0.3) is 0 Å². The van der Waals surface area contributed by atoms with E-state index in [1.807, 2.05) is 0 Å². The number of sulfonamides is 1. The van der Waals surface area contributed by atoms with E-state index >= 15 is 0 Å². The number of nitrogens with zero attached hydrogens (tertiary/aromatic N) is 1. The molecule has 2 heterocycles. The minimum atomic E-state index is -3.82. The van der Waals surface area contributed by atoms with Crippen molar-refractivity contribution in [1.29, 1.82) is 0 Å². The molecule has 0 saturated carbocycles. The van der Waals surface area contributed by atoms with Gasteiger partial charge in [0.1, 0.15) is 16.4 Å². The summed E-state index contributed by atoms with van der Waals surface area (Å²) in [7, 11) is -2.41. The van der Waals surface area contributed by atoms with Crippen LogP contribution < -0.4 is 20.1 Å². The number of rotatable bonds is 5. The number of carbonyl (C=O) groups is 2. The summed E-state index contributed by atoms with van der Waals surface area (Å²) in [4.78, 5) is 24.8. The molecule has 0 aromatic heterocycles. The quantitative estimate of drug-likeness (QED) is 0.689. The Kier molecular flexibility index (Phi) is 6.57. The normalized spacial score (nSPS) is 19.0. The number of ether oxygens (including phenoxy) is 2. The molecule has 1 atom stereocenters. The number of hydrogen-bond donors (Lipinski definition) is 2. The van der Waals surface area contributed by atoms with Crippen molar-refractivity contribution in [2.45, 2.75) is 43.6 Å². The van der Waals surface area contributed by atoms with Gasteiger partial charge in [0, 0.05) is 24.3 Å². The molecule has 176 valence electrons. The van der Waals surface area contributed by atoms with Crippen molar-refractivity contribution in [2.75, 3.05) is 30.8 Å². The average molecular weight is 474 g/mol. The van der Waals surface area contributed by atoms with Crippen LogP contribution in [0.5, 0.6) is 11.5 Å². The first-order chi connectivity index (χ1) is 15.8. The summed E-state index contributed by atoms with van der Waals surface area (Å²) in [5, 5.41) is 5.48. The summed E-state index contributed by atoms with van der Waals surface area (Å²) in [5.74, 6) is -0.0558. The molecule has 9 nitrogen and oxygen atoms in total. The molecule has 2 aliphatic rings. The lowest BCUT2D eigenvalue weighted by Crippen LogP contribution is -2.34. The highest BCUT2D eigenvalue weighted by molar-refractivity contribution is 7.89. The summed E-state index contributed by atoms with van der Waals surface area (Å²) in [6.45, 7) is 2.54. The maximum atomic E-state index is 13.3. The Bertz CT molecular complexity index is 1170. The van der Waals surface area contributed by atoms with Crippen molar-refractivity contribution < 1.29 is 27.5 Å². The molecular formula is C23H27N3O6S. The predicted molar refractivity (Wildman–Crippen MR) is 123 cm³/mol. The standard InChI is InChI=1S/C23H27N3O6S/c1-15-22(27)25-18-14-17(8-10-19(18)32-15)24-23(28)16-7-9-20(31-2)21(13-16)33(29,30)26-11-5-3-4-6-12-26/h7-10,13-15H,3-6,11-12H2,1-2H3,(H,24,28)(H,25,27)/t15-/m0/s1. The van der Waals surface area contributed by atoms with Crippen LogP contribution >= 0.6 is 0 Å². The van der Waals surface area contributed by atoms with E-state index in [4.69, 9.17) is 9.47 Å². The van der Waals surface area contributed by atoms with E-state index in [1.54, 1.807) is 25.1 Å². The van der Waals surface area contributed by atoms with Crippen LogP contribution in [0.1, 0.15) is 43.0 Å². The summed E-state index contributed by atoms with van der Waals surface area (Å²) < 4.78 is 38.9. The molecule has 0 unspecified atom stereocenters. The number of fused-ring (bicyclic) bond motifs is 1. The Balaban J connectivity index is 1.59. The van der Waals surface area contributed by atoms with Crippen molar-refractivity contribution in [3.8, 4) is 11.5 Å². The highest BCUT2D eigenvalue weighted by Gasteiger charge is 2.29. The third kappa shape index (κ3) is 4.81. The molecule has 0 radical (unpaired) electrons. The van der Waals surface area contributed by atoms with Crippen LogP contribution in [0.2, 0.25) is 0 Å². The van der Waals surface area contributed by atoms with Gasteiger partial charge in [-0.25, -0.2) is 8.42 Å². The van der Waals surface area contributed by atoms with E-state index < -0.39 is 22.0 Å². The molecule has 2 N–H and O–H groups in total. The number of methoxy groups -OCH3 is 1. The fourth-order valence-electron chi connectivity index (χ4n) is 3.93. The first kappa shape index (κ1) is 23.1. The van der Waals surface area contributed by atoms with Crippen molar-refractivity contribution >= 4 is 33.2 Å². The van der Waals surface area contributed by atoms with Crippen LogP contribution in [0, 0.1) is 0 Å². The van der Waals surface area contributed by atoms with Gasteiger partial charge in [0.15, 0.2) is 6.10 Å². The lowest BCUT2D eigenvalue weighted by atomic mass is 10.1. The Morgan fingerprint density at radius 2 is 1.85 bits per heavy atom. The second kappa shape index (κ2) is 9.40. The summed E-state index contributed by atoms with van der Waals surface area (Å²) in [5.41, 5.74) is 1.07. The smallest absolute Gasteiger partial charge is 0.265 e. The van der Waals surface area contributed by atoms with Gasteiger partial charge in [-0.05, 0) is 56.2 Å². The summed E-state index contributed by atoms with van der Waals surface area (Å²) in [6, 6.07) is 9.25. The number of benzene rings is 2. The minimum absolute atomic E-state index is 0.0281. The highest BCUT2D eigenvalue weighted by Crippen LogP contribution is 2.33. The lowest BCUT2D eigenvalue weighted by Gasteiger charge is -2.23. The largest absolute Gasteiger partial charge is 0.495 e. The van der Waals surface area contributed by atoms with Crippen molar-refractivity contribution in [3.05, 3.63) is 42.0 Å². The SMILES string of the molecule is COc1ccc(C(=O)Nc2ccc3c(c2)NC(=O)[C@H](C)O3)cc1S(=O)(=O)N1CCCCCC1. The van der Waals surface area contributed by atoms with Crippen LogP contribution in [-0.4, -0.2) is 50.8 Å². The van der Waals surface area contributed by atoms with Gasteiger partial charge in [0.25, 0.3) is 11.8 Å². The van der Waals surface area contributed by atoms with Crippen molar-refractivity contribution in [2.24, 2.45) is 0 Å².